The minimum atomic E-state index is -0.781. The summed E-state index contributed by atoms with van der Waals surface area (Å²) in [5.74, 6) is -0.0983. The van der Waals surface area contributed by atoms with Gasteiger partial charge >= 0.3 is 0 Å². The van der Waals surface area contributed by atoms with Gasteiger partial charge in [0.1, 0.15) is 6.04 Å². The van der Waals surface area contributed by atoms with Crippen molar-refractivity contribution in [3.63, 3.8) is 0 Å². The van der Waals surface area contributed by atoms with Crippen LogP contribution in [0.5, 0.6) is 0 Å². The van der Waals surface area contributed by atoms with Crippen LogP contribution in [0, 0.1) is 18.8 Å². The minimum absolute atomic E-state index is 0.0571. The quantitative estimate of drug-likeness (QED) is 0.118. The molecule has 1 atom stereocenters. The zero-order valence-electron chi connectivity index (χ0n) is 30.4. The molecule has 0 unspecified atom stereocenters. The van der Waals surface area contributed by atoms with Crippen molar-refractivity contribution in [2.75, 3.05) is 25.0 Å². The number of nitrogens with one attached hydrogen (secondary N) is 3. The Hall–Kier alpha value is -3.61. The number of carbonyl (C=O) groups is 3. The Morgan fingerprint density at radius 1 is 0.922 bits per heavy atom. The third-order valence-corrected chi connectivity index (χ3v) is 11.4. The summed E-state index contributed by atoms with van der Waals surface area (Å²) >= 11 is 1.97. The fourth-order valence-corrected chi connectivity index (χ4v) is 7.51. The van der Waals surface area contributed by atoms with Gasteiger partial charge in [0.05, 0.1) is 28.6 Å². The van der Waals surface area contributed by atoms with E-state index in [4.69, 9.17) is 5.73 Å². The molecule has 0 spiro atoms. The van der Waals surface area contributed by atoms with Crippen LogP contribution in [0.15, 0.2) is 69.9 Å². The normalized spacial score (nSPS) is 19.4. The van der Waals surface area contributed by atoms with E-state index < -0.39 is 6.04 Å². The van der Waals surface area contributed by atoms with Crippen LogP contribution < -0.4 is 21.7 Å². The fourth-order valence-electron chi connectivity index (χ4n) is 7.23. The van der Waals surface area contributed by atoms with Gasteiger partial charge in [-0.2, -0.15) is 0 Å². The average molecular weight is 805 g/mol. The van der Waals surface area contributed by atoms with Gasteiger partial charge in [-0.25, -0.2) is 3.21 Å². The Morgan fingerprint density at radius 2 is 1.63 bits per heavy atom. The number of halogens is 1. The summed E-state index contributed by atoms with van der Waals surface area (Å²) in [6.07, 6.45) is 5.61. The molecule has 0 bridgehead atoms. The topological polar surface area (TPSA) is 129 Å². The van der Waals surface area contributed by atoms with E-state index in [1.165, 1.54) is 0 Å². The first kappa shape index (κ1) is 38.6. The molecular weight excluding hydrogens is 751 g/mol. The number of amides is 3. The second-order valence-corrected chi connectivity index (χ2v) is 15.0. The van der Waals surface area contributed by atoms with Gasteiger partial charge in [0.2, 0.25) is 11.8 Å². The van der Waals surface area contributed by atoms with Crippen molar-refractivity contribution in [3.8, 4) is 11.1 Å². The van der Waals surface area contributed by atoms with Crippen molar-refractivity contribution in [3.05, 3.63) is 89.0 Å². The highest BCUT2D eigenvalue weighted by molar-refractivity contribution is 14.1. The summed E-state index contributed by atoms with van der Waals surface area (Å²) < 4.78 is 4.21. The van der Waals surface area contributed by atoms with Gasteiger partial charge in [-0.15, -0.1) is 0 Å². The van der Waals surface area contributed by atoms with Gasteiger partial charge in [-0.05, 0) is 131 Å². The zero-order valence-corrected chi connectivity index (χ0v) is 32.5. The number of carbonyl (C=O) groups excluding carboxylic acids is 3. The molecule has 5 N–H and O–H groups in total. The number of benzene rings is 3. The van der Waals surface area contributed by atoms with Crippen LogP contribution in [0.1, 0.15) is 86.3 Å². The molecular formula is C41H53IN6O3. The molecule has 3 amide bonds. The number of rotatable bonds is 12. The molecule has 1 aliphatic carbocycles. The summed E-state index contributed by atoms with van der Waals surface area (Å²) in [5.41, 5.74) is 12.9. The van der Waals surface area contributed by atoms with Crippen LogP contribution in [0.2, 0.25) is 0 Å². The Morgan fingerprint density at radius 3 is 2.27 bits per heavy atom. The number of anilines is 1. The van der Waals surface area contributed by atoms with Crippen LogP contribution in [0.4, 0.5) is 5.69 Å². The molecule has 1 saturated heterocycles. The van der Waals surface area contributed by atoms with E-state index in [2.05, 4.69) is 44.0 Å². The van der Waals surface area contributed by atoms with Gasteiger partial charge in [0, 0.05) is 48.8 Å². The lowest BCUT2D eigenvalue weighted by Crippen LogP contribution is -2.48. The van der Waals surface area contributed by atoms with E-state index >= 15 is 0 Å². The Kier molecular flexibility index (Phi) is 13.8. The van der Waals surface area contributed by atoms with Crippen molar-refractivity contribution in [2.24, 2.45) is 20.8 Å². The van der Waals surface area contributed by atoms with Gasteiger partial charge in [0.15, 0.2) is 0 Å². The molecule has 1 heterocycles. The summed E-state index contributed by atoms with van der Waals surface area (Å²) in [6, 6.07) is 21.3. The smallest absolute Gasteiger partial charge is 0.251 e. The number of nitrogens with two attached hydrogens (primary N) is 1. The highest BCUT2D eigenvalue weighted by atomic mass is 127. The van der Waals surface area contributed by atoms with Crippen molar-refractivity contribution in [1.82, 2.24) is 15.5 Å². The van der Waals surface area contributed by atoms with Gasteiger partial charge < -0.3 is 26.6 Å². The molecule has 0 aromatic heterocycles. The predicted molar refractivity (Wildman–Crippen MR) is 215 cm³/mol. The van der Waals surface area contributed by atoms with Crippen LogP contribution in [-0.2, 0) is 16.0 Å². The molecule has 10 heteroatoms. The minimum Gasteiger partial charge on any atom is -0.349 e. The summed E-state index contributed by atoms with van der Waals surface area (Å²) in [4.78, 5) is 43.2. The van der Waals surface area contributed by atoms with E-state index in [9.17, 15) is 14.4 Å². The molecule has 3 aromatic rings. The molecule has 51 heavy (non-hydrogen) atoms. The number of nitrogens with zero attached hydrogens (tertiary/aromatic N) is 2. The maximum Gasteiger partial charge on any atom is 0.251 e. The molecule has 2 aliphatic rings. The second kappa shape index (κ2) is 18.2. The van der Waals surface area contributed by atoms with Gasteiger partial charge in [0.25, 0.3) is 5.91 Å². The molecule has 2 fully saturated rings. The molecule has 272 valence electrons. The number of likely N-dealkylation sites (tertiary alicyclic amines) is 1. The van der Waals surface area contributed by atoms with Gasteiger partial charge in [-0.3, -0.25) is 14.4 Å². The molecule has 1 aliphatic heterocycles. The van der Waals surface area contributed by atoms with E-state index in [0.29, 0.717) is 36.2 Å². The van der Waals surface area contributed by atoms with Crippen molar-refractivity contribution in [1.29, 1.82) is 0 Å². The van der Waals surface area contributed by atoms with Crippen LogP contribution in [0.25, 0.3) is 11.1 Å². The predicted octanol–water partition coefficient (Wildman–Crippen LogP) is 6.85. The Labute approximate surface area is 317 Å². The number of hydrogen-bond donors (Lipinski definition) is 4. The molecule has 1 saturated carbocycles. The number of hydrogen-bond acceptors (Lipinski definition) is 6. The average Bonchev–Trinajstić information content (AvgIpc) is 3.15. The number of piperidine rings is 1. The summed E-state index contributed by atoms with van der Waals surface area (Å²) in [6.45, 7) is 11.0. The monoisotopic (exact) mass is 804 g/mol. The molecule has 9 nitrogen and oxygen atoms in total. The summed E-state index contributed by atoms with van der Waals surface area (Å²) in [7, 11) is 0. The Bertz CT molecular complexity index is 1690. The molecule has 0 radical (unpaired) electrons. The largest absolute Gasteiger partial charge is 0.349 e. The van der Waals surface area contributed by atoms with E-state index in [1.54, 1.807) is 0 Å². The third kappa shape index (κ3) is 10.5. The first-order chi connectivity index (χ1) is 24.5. The maximum absolute atomic E-state index is 13.9. The van der Waals surface area contributed by atoms with Crippen molar-refractivity contribution in [2.45, 2.75) is 90.8 Å². The lowest BCUT2D eigenvalue weighted by molar-refractivity contribution is -0.130. The van der Waals surface area contributed by atoms with E-state index in [0.717, 1.165) is 85.1 Å². The fraction of sp³-hybridized carbons (Fsp3) is 0.463. The zero-order chi connectivity index (χ0) is 36.5. The molecule has 5 rings (SSSR count). The second-order valence-electron chi connectivity index (χ2n) is 14.6. The lowest BCUT2D eigenvalue weighted by atomic mass is 9.81. The number of aryl methyl sites for hydroxylation is 1. The van der Waals surface area contributed by atoms with Crippen molar-refractivity contribution >= 4 is 52.0 Å². The summed E-state index contributed by atoms with van der Waals surface area (Å²) in [5, 5.41) is 9.40. The van der Waals surface area contributed by atoms with Crippen LogP contribution in [-0.4, -0.2) is 66.1 Å². The van der Waals surface area contributed by atoms with Crippen LogP contribution >= 0.6 is 22.9 Å². The highest BCUT2D eigenvalue weighted by Gasteiger charge is 2.30. The first-order valence-corrected chi connectivity index (χ1v) is 19.3. The van der Waals surface area contributed by atoms with Crippen molar-refractivity contribution < 1.29 is 14.4 Å². The third-order valence-electron chi connectivity index (χ3n) is 10.7. The van der Waals surface area contributed by atoms with Crippen LogP contribution in [0.3, 0.4) is 0 Å². The highest BCUT2D eigenvalue weighted by Crippen LogP contribution is 2.29. The van der Waals surface area contributed by atoms with Gasteiger partial charge in [-0.1, -0.05) is 42.5 Å². The van der Waals surface area contributed by atoms with E-state index in [-0.39, 0.29) is 29.7 Å². The first-order valence-electron chi connectivity index (χ1n) is 18.4. The lowest BCUT2D eigenvalue weighted by Gasteiger charge is -2.34. The Balaban J connectivity index is 1.33. The maximum atomic E-state index is 13.9. The van der Waals surface area contributed by atoms with E-state index in [1.807, 2.05) is 97.4 Å². The SMILES string of the molecule is CC(=NI)c1ccc(NC(=O)[C@H](Cc2ccc(C)c(-c3cccc(C(=O)NC4CCN(C(C)C)CC4)c3)c2)NC(=O)C2CCC(CN)CC2)cc1. The molecule has 3 aromatic carbocycles. The standard InChI is InChI=1S/C41H53IN6O3/c1-26(2)48-20-18-36(19-21-48)44-40(50)34-7-5-6-33(24-34)37-22-30(9-8-27(37)3)23-38(46-39(49)32-12-10-29(25-43)11-13-32)41(51)45-35-16-14-31(15-17-35)28(4)47-42/h5-9,14-17,22,24,26,29,32,36,38H,10-13,18-21,23,25,43H2,1-4H3,(H,44,50)(H,45,51)(H,46,49)/t29?,32?,38-/m0/s1.